The lowest BCUT2D eigenvalue weighted by molar-refractivity contribution is 0.214. The van der Waals surface area contributed by atoms with Gasteiger partial charge in [0.2, 0.25) is 0 Å². The second-order valence-corrected chi connectivity index (χ2v) is 5.13. The predicted octanol–water partition coefficient (Wildman–Crippen LogP) is 0.893. The smallest absolute Gasteiger partial charge is 0.140 e. The Hall–Kier alpha value is -1.17. The maximum absolute atomic E-state index is 5.37. The lowest BCUT2D eigenvalue weighted by atomic mass is 10.2. The van der Waals surface area contributed by atoms with Crippen LogP contribution in [0.3, 0.4) is 0 Å². The van der Waals surface area contributed by atoms with Gasteiger partial charge in [-0.3, -0.25) is 4.90 Å². The van der Waals surface area contributed by atoms with Crippen LogP contribution < -0.4 is 11.3 Å². The monoisotopic (exact) mass is 249 g/mol. The van der Waals surface area contributed by atoms with Crippen molar-refractivity contribution in [3.63, 3.8) is 0 Å². The summed E-state index contributed by atoms with van der Waals surface area (Å²) in [4.78, 5) is 9.21. The minimum atomic E-state index is 0.686. The number of anilines is 1. The Morgan fingerprint density at radius 2 is 2.39 bits per heavy atom. The normalized spacial score (nSPS) is 20.6. The summed E-state index contributed by atoms with van der Waals surface area (Å²) in [6, 6.07) is 6.57. The van der Waals surface area contributed by atoms with Gasteiger partial charge in [-0.1, -0.05) is 6.07 Å². The lowest BCUT2D eigenvalue weighted by Gasteiger charge is -2.25. The molecule has 1 aromatic rings. The van der Waals surface area contributed by atoms with E-state index in [0.29, 0.717) is 6.04 Å². The van der Waals surface area contributed by atoms with E-state index in [2.05, 4.69) is 34.3 Å². The summed E-state index contributed by atoms with van der Waals surface area (Å²) >= 11 is 0. The van der Waals surface area contributed by atoms with Gasteiger partial charge >= 0.3 is 0 Å². The van der Waals surface area contributed by atoms with E-state index in [1.165, 1.54) is 19.4 Å². The second kappa shape index (κ2) is 6.13. The van der Waals surface area contributed by atoms with E-state index < -0.39 is 0 Å². The van der Waals surface area contributed by atoms with Crippen LogP contribution in [0.2, 0.25) is 0 Å². The highest BCUT2D eigenvalue weighted by atomic mass is 15.3. The van der Waals surface area contributed by atoms with Crippen LogP contribution >= 0.6 is 0 Å². The van der Waals surface area contributed by atoms with Crippen LogP contribution in [0, 0.1) is 0 Å². The highest BCUT2D eigenvalue weighted by Crippen LogP contribution is 2.16. The van der Waals surface area contributed by atoms with Crippen LogP contribution in [-0.4, -0.2) is 48.0 Å². The van der Waals surface area contributed by atoms with Crippen molar-refractivity contribution >= 4 is 5.82 Å². The number of pyridine rings is 1. The van der Waals surface area contributed by atoms with Crippen molar-refractivity contribution in [3.05, 3.63) is 23.9 Å². The van der Waals surface area contributed by atoms with E-state index in [-0.39, 0.29) is 0 Å². The molecular weight excluding hydrogens is 226 g/mol. The predicted molar refractivity (Wildman–Crippen MR) is 74.0 cm³/mol. The van der Waals surface area contributed by atoms with Crippen molar-refractivity contribution in [3.8, 4) is 0 Å². The van der Waals surface area contributed by atoms with Crippen molar-refractivity contribution in [2.45, 2.75) is 25.4 Å². The molecule has 3 N–H and O–H groups in total. The zero-order valence-electron chi connectivity index (χ0n) is 11.3. The van der Waals surface area contributed by atoms with Gasteiger partial charge in [0.15, 0.2) is 0 Å². The molecule has 0 radical (unpaired) electrons. The molecule has 2 heterocycles. The topological polar surface area (TPSA) is 57.4 Å². The number of hydrazine groups is 1. The van der Waals surface area contributed by atoms with Gasteiger partial charge in [0.05, 0.1) is 5.69 Å². The fourth-order valence-corrected chi connectivity index (χ4v) is 2.56. The highest BCUT2D eigenvalue weighted by molar-refractivity contribution is 5.33. The molecule has 0 bridgehead atoms. The number of rotatable bonds is 5. The molecule has 0 aliphatic carbocycles. The molecule has 100 valence electrons. The van der Waals surface area contributed by atoms with Gasteiger partial charge in [0.1, 0.15) is 5.82 Å². The van der Waals surface area contributed by atoms with Crippen molar-refractivity contribution < 1.29 is 0 Å². The molecular formula is C13H23N5. The average molecular weight is 249 g/mol. The molecule has 2 rings (SSSR count). The van der Waals surface area contributed by atoms with E-state index in [1.54, 1.807) is 0 Å². The number of hydrogen-bond acceptors (Lipinski definition) is 5. The third-order valence-electron chi connectivity index (χ3n) is 3.58. The third kappa shape index (κ3) is 3.41. The molecule has 1 aromatic heterocycles. The molecule has 5 nitrogen and oxygen atoms in total. The molecule has 1 saturated heterocycles. The number of nitrogens with two attached hydrogens (primary N) is 1. The molecule has 1 aliphatic rings. The van der Waals surface area contributed by atoms with Crippen LogP contribution in [0.15, 0.2) is 18.2 Å². The Balaban J connectivity index is 1.88. The minimum Gasteiger partial charge on any atom is -0.308 e. The zero-order chi connectivity index (χ0) is 13.0. The lowest BCUT2D eigenvalue weighted by Crippen LogP contribution is -2.36. The first kappa shape index (κ1) is 13.3. The largest absolute Gasteiger partial charge is 0.308 e. The number of likely N-dealkylation sites (tertiary alicyclic amines) is 1. The Morgan fingerprint density at radius 3 is 3.06 bits per heavy atom. The first-order valence-corrected chi connectivity index (χ1v) is 6.50. The summed E-state index contributed by atoms with van der Waals surface area (Å²) in [7, 11) is 4.36. The van der Waals surface area contributed by atoms with Crippen LogP contribution in [0.1, 0.15) is 18.5 Å². The number of nitrogen functional groups attached to an aromatic ring is 1. The highest BCUT2D eigenvalue weighted by Gasteiger charge is 2.21. The van der Waals surface area contributed by atoms with E-state index >= 15 is 0 Å². The SMILES string of the molecule is CN(Cc1cccc(NN)n1)CC1CCCN1C. The summed E-state index contributed by atoms with van der Waals surface area (Å²) in [5.41, 5.74) is 3.63. The number of hydrogen-bond donors (Lipinski definition) is 2. The van der Waals surface area contributed by atoms with E-state index in [9.17, 15) is 0 Å². The van der Waals surface area contributed by atoms with Crippen LogP contribution in [0.4, 0.5) is 5.82 Å². The van der Waals surface area contributed by atoms with Gasteiger partial charge in [-0.2, -0.15) is 0 Å². The van der Waals surface area contributed by atoms with Gasteiger partial charge in [-0.15, -0.1) is 0 Å². The first-order valence-electron chi connectivity index (χ1n) is 6.50. The third-order valence-corrected chi connectivity index (χ3v) is 3.58. The fraction of sp³-hybridized carbons (Fsp3) is 0.615. The van der Waals surface area contributed by atoms with Crippen molar-refractivity contribution in [2.75, 3.05) is 32.6 Å². The summed E-state index contributed by atoms with van der Waals surface area (Å²) in [6.07, 6.45) is 2.62. The van der Waals surface area contributed by atoms with Gasteiger partial charge in [0.25, 0.3) is 0 Å². The van der Waals surface area contributed by atoms with Crippen LogP contribution in [0.5, 0.6) is 0 Å². The maximum atomic E-state index is 5.37. The molecule has 0 aromatic carbocycles. The Kier molecular flexibility index (Phi) is 4.52. The molecule has 0 saturated carbocycles. The quantitative estimate of drug-likeness (QED) is 0.599. The number of nitrogens with one attached hydrogen (secondary N) is 1. The second-order valence-electron chi connectivity index (χ2n) is 5.13. The Morgan fingerprint density at radius 1 is 1.56 bits per heavy atom. The standard InChI is InChI=1S/C13H23N5/c1-17(10-12-6-4-8-18(12)2)9-11-5-3-7-13(15-11)16-14/h3,5,7,12H,4,6,8-10,14H2,1-2H3,(H,15,16). The number of likely N-dealkylation sites (N-methyl/N-ethyl adjacent to an activating group) is 2. The molecule has 0 spiro atoms. The molecule has 18 heavy (non-hydrogen) atoms. The summed E-state index contributed by atoms with van der Waals surface area (Å²) < 4.78 is 0. The summed E-state index contributed by atoms with van der Waals surface area (Å²) in [5.74, 6) is 6.09. The Labute approximate surface area is 109 Å². The molecule has 1 unspecified atom stereocenters. The zero-order valence-corrected chi connectivity index (χ0v) is 11.3. The van der Waals surface area contributed by atoms with Gasteiger partial charge in [-0.25, -0.2) is 10.8 Å². The number of nitrogens with zero attached hydrogens (tertiary/aromatic N) is 3. The molecule has 5 heteroatoms. The molecule has 1 aliphatic heterocycles. The van der Waals surface area contributed by atoms with Crippen LogP contribution in [-0.2, 0) is 6.54 Å². The maximum Gasteiger partial charge on any atom is 0.140 e. The van der Waals surface area contributed by atoms with Crippen molar-refractivity contribution in [1.29, 1.82) is 0 Å². The van der Waals surface area contributed by atoms with E-state index in [1.807, 2.05) is 18.2 Å². The summed E-state index contributed by atoms with van der Waals surface area (Å²) in [5, 5.41) is 0. The van der Waals surface area contributed by atoms with Crippen LogP contribution in [0.25, 0.3) is 0 Å². The van der Waals surface area contributed by atoms with Gasteiger partial charge in [-0.05, 0) is 45.6 Å². The summed E-state index contributed by atoms with van der Waals surface area (Å²) in [6.45, 7) is 3.18. The fourth-order valence-electron chi connectivity index (χ4n) is 2.56. The van der Waals surface area contributed by atoms with E-state index in [0.717, 1.165) is 24.6 Å². The van der Waals surface area contributed by atoms with E-state index in [4.69, 9.17) is 5.84 Å². The van der Waals surface area contributed by atoms with Gasteiger partial charge in [0, 0.05) is 19.1 Å². The first-order chi connectivity index (χ1) is 8.69. The molecule has 0 amide bonds. The van der Waals surface area contributed by atoms with Crippen molar-refractivity contribution in [2.24, 2.45) is 5.84 Å². The van der Waals surface area contributed by atoms with Gasteiger partial charge < -0.3 is 10.3 Å². The molecule has 1 fully saturated rings. The van der Waals surface area contributed by atoms with Crippen molar-refractivity contribution in [1.82, 2.24) is 14.8 Å². The molecule has 1 atom stereocenters. The Bertz CT molecular complexity index is 381. The number of aromatic nitrogens is 1. The minimum absolute atomic E-state index is 0.686. The average Bonchev–Trinajstić information content (AvgIpc) is 2.75.